The van der Waals surface area contributed by atoms with Crippen molar-refractivity contribution in [2.24, 2.45) is 12.5 Å². The van der Waals surface area contributed by atoms with E-state index in [0.717, 1.165) is 12.8 Å². The molecule has 4 aromatic rings. The van der Waals surface area contributed by atoms with Crippen LogP contribution in [0.25, 0.3) is 0 Å². The van der Waals surface area contributed by atoms with Crippen LogP contribution in [0.4, 0.5) is 4.39 Å². The van der Waals surface area contributed by atoms with Crippen molar-refractivity contribution in [3.8, 4) is 6.07 Å². The lowest BCUT2D eigenvalue weighted by Gasteiger charge is -2.40. The Morgan fingerprint density at radius 2 is 1.86 bits per heavy atom. The van der Waals surface area contributed by atoms with Gasteiger partial charge in [-0.05, 0) is 66.8 Å². The number of hydrogen-bond acceptors (Lipinski definition) is 6. The number of amides is 1. The number of carbonyl (C=O) groups is 1. The van der Waals surface area contributed by atoms with E-state index in [2.05, 4.69) is 11.1 Å². The van der Waals surface area contributed by atoms with Gasteiger partial charge in [0.05, 0.1) is 48.0 Å². The Balaban J connectivity index is 1.57. The minimum atomic E-state index is -1.71. The lowest BCUT2D eigenvalue weighted by atomic mass is 9.84. The van der Waals surface area contributed by atoms with Gasteiger partial charge in [-0.25, -0.2) is 9.37 Å². The summed E-state index contributed by atoms with van der Waals surface area (Å²) < 4.78 is 25.2. The SMILES string of the molecule is CC[C@@](O)(c1cc(F)c2c(c1)C(=O)N(Cc1ccc(C#N)cc1)[C@@]2(OCC1(CO)CC1)c1ccc(Cl)cc1)c1cn(C)cn1. The van der Waals surface area contributed by atoms with Crippen LogP contribution < -0.4 is 0 Å². The van der Waals surface area contributed by atoms with Gasteiger partial charge in [-0.15, -0.1) is 0 Å². The molecule has 1 aromatic heterocycles. The van der Waals surface area contributed by atoms with E-state index in [1.807, 2.05) is 0 Å². The second-order valence-electron chi connectivity index (χ2n) is 11.8. The number of benzene rings is 3. The molecule has 0 saturated heterocycles. The molecule has 2 N–H and O–H groups in total. The van der Waals surface area contributed by atoms with Crippen molar-refractivity contribution in [2.45, 2.75) is 44.1 Å². The van der Waals surface area contributed by atoms with E-state index < -0.39 is 28.5 Å². The number of ether oxygens (including phenoxy) is 1. The predicted octanol–water partition coefficient (Wildman–Crippen LogP) is 5.38. The highest BCUT2D eigenvalue weighted by Gasteiger charge is 2.56. The molecule has 2 heterocycles. The molecule has 1 fully saturated rings. The highest BCUT2D eigenvalue weighted by atomic mass is 35.5. The summed E-state index contributed by atoms with van der Waals surface area (Å²) in [5, 5.41) is 31.7. The third-order valence-corrected chi connectivity index (χ3v) is 9.19. The number of aryl methyl sites for hydroxylation is 1. The quantitative estimate of drug-likeness (QED) is 0.248. The largest absolute Gasteiger partial charge is 0.396 e. The molecule has 226 valence electrons. The minimum absolute atomic E-state index is 0.0235. The van der Waals surface area contributed by atoms with Gasteiger partial charge in [0, 0.05) is 35.8 Å². The van der Waals surface area contributed by atoms with Crippen LogP contribution in [0.1, 0.15) is 70.1 Å². The van der Waals surface area contributed by atoms with E-state index in [9.17, 15) is 20.3 Å². The maximum absolute atomic E-state index is 16.8. The van der Waals surface area contributed by atoms with Crippen molar-refractivity contribution >= 4 is 17.5 Å². The summed E-state index contributed by atoms with van der Waals surface area (Å²) in [5.41, 5.74) is -1.59. The highest BCUT2D eigenvalue weighted by Crippen LogP contribution is 2.52. The number of imidazole rings is 1. The predicted molar refractivity (Wildman–Crippen MR) is 161 cm³/mol. The minimum Gasteiger partial charge on any atom is -0.396 e. The molecule has 1 amide bonds. The number of rotatable bonds is 10. The van der Waals surface area contributed by atoms with Crippen LogP contribution in [0.15, 0.2) is 73.2 Å². The summed E-state index contributed by atoms with van der Waals surface area (Å²) in [4.78, 5) is 20.3. The van der Waals surface area contributed by atoms with Crippen molar-refractivity contribution < 1.29 is 24.1 Å². The number of hydrogen-bond donors (Lipinski definition) is 2. The summed E-state index contributed by atoms with van der Waals surface area (Å²) in [5.74, 6) is -1.21. The molecule has 3 aromatic carbocycles. The monoisotopic (exact) mass is 614 g/mol. The molecule has 0 unspecified atom stereocenters. The fraction of sp³-hybridized carbons (Fsp3) is 0.324. The molecule has 2 aliphatic rings. The van der Waals surface area contributed by atoms with E-state index in [-0.39, 0.29) is 42.9 Å². The van der Waals surface area contributed by atoms with Crippen LogP contribution in [0.3, 0.4) is 0 Å². The van der Waals surface area contributed by atoms with Crippen molar-refractivity contribution in [2.75, 3.05) is 13.2 Å². The number of nitrogens with zero attached hydrogens (tertiary/aromatic N) is 4. The van der Waals surface area contributed by atoms with Gasteiger partial charge in [0.1, 0.15) is 11.4 Å². The summed E-state index contributed by atoms with van der Waals surface area (Å²) >= 11 is 6.26. The highest BCUT2D eigenvalue weighted by molar-refractivity contribution is 6.30. The first-order valence-electron chi connectivity index (χ1n) is 14.5. The third-order valence-electron chi connectivity index (χ3n) is 8.94. The molecular formula is C34H32ClFN4O4. The standard InChI is InChI=1S/C34H32ClFN4O4/c1-3-33(43,29-18-39(2)21-38-29)25-14-27-30(28(36)15-25)34(24-8-10-26(35)11-9-24,44-20-32(19-41)12-13-32)40(31(27)42)17-23-6-4-22(16-37)5-7-23/h4-11,14-15,18,21,41,43H,3,12-13,17,19-20H2,1-2H3/t33-,34-/m1/s1. The van der Waals surface area contributed by atoms with Gasteiger partial charge in [0.2, 0.25) is 0 Å². The first kappa shape index (κ1) is 30.0. The van der Waals surface area contributed by atoms with E-state index in [4.69, 9.17) is 16.3 Å². The molecule has 8 nitrogen and oxygen atoms in total. The van der Waals surface area contributed by atoms with Crippen molar-refractivity contribution in [1.82, 2.24) is 14.5 Å². The number of fused-ring (bicyclic) bond motifs is 1. The zero-order valence-corrected chi connectivity index (χ0v) is 25.2. The Morgan fingerprint density at radius 3 is 2.43 bits per heavy atom. The lowest BCUT2D eigenvalue weighted by molar-refractivity contribution is -0.130. The van der Waals surface area contributed by atoms with Crippen LogP contribution in [0, 0.1) is 22.6 Å². The molecule has 0 spiro atoms. The van der Waals surface area contributed by atoms with Crippen molar-refractivity contribution in [3.63, 3.8) is 0 Å². The molecule has 10 heteroatoms. The number of aliphatic hydroxyl groups excluding tert-OH is 1. The van der Waals surface area contributed by atoms with Gasteiger partial charge in [-0.3, -0.25) is 9.69 Å². The van der Waals surface area contributed by atoms with Gasteiger partial charge in [-0.1, -0.05) is 42.8 Å². The second kappa shape index (κ2) is 11.1. The maximum Gasteiger partial charge on any atom is 0.257 e. The molecule has 1 saturated carbocycles. The average molecular weight is 615 g/mol. The Hall–Kier alpha value is -4.07. The smallest absolute Gasteiger partial charge is 0.257 e. The fourth-order valence-corrected chi connectivity index (χ4v) is 6.11. The molecule has 6 rings (SSSR count). The van der Waals surface area contributed by atoms with Crippen molar-refractivity contribution in [1.29, 1.82) is 5.26 Å². The normalized spacial score (nSPS) is 19.8. The number of aliphatic hydroxyl groups is 2. The zero-order chi connectivity index (χ0) is 31.3. The second-order valence-corrected chi connectivity index (χ2v) is 12.3. The van der Waals surface area contributed by atoms with E-state index in [1.54, 1.807) is 79.6 Å². The maximum atomic E-state index is 16.8. The zero-order valence-electron chi connectivity index (χ0n) is 24.4. The Morgan fingerprint density at radius 1 is 1.16 bits per heavy atom. The fourth-order valence-electron chi connectivity index (χ4n) is 5.98. The van der Waals surface area contributed by atoms with Crippen LogP contribution in [-0.4, -0.2) is 43.8 Å². The Kier molecular flexibility index (Phi) is 7.58. The number of halogens is 2. The van der Waals surface area contributed by atoms with E-state index in [1.165, 1.54) is 17.0 Å². The first-order chi connectivity index (χ1) is 21.1. The topological polar surface area (TPSA) is 112 Å². The summed E-state index contributed by atoms with van der Waals surface area (Å²) in [6.07, 6.45) is 4.89. The number of carbonyl (C=O) groups excluding carboxylic acids is 1. The van der Waals surface area contributed by atoms with Gasteiger partial charge in [0.15, 0.2) is 5.72 Å². The Bertz CT molecular complexity index is 1760. The van der Waals surface area contributed by atoms with E-state index >= 15 is 4.39 Å². The Labute approximate surface area is 259 Å². The molecule has 2 atom stereocenters. The molecule has 44 heavy (non-hydrogen) atoms. The van der Waals surface area contributed by atoms with Crippen LogP contribution >= 0.6 is 11.6 Å². The molecule has 0 bridgehead atoms. The first-order valence-corrected chi connectivity index (χ1v) is 14.8. The molecular weight excluding hydrogens is 583 g/mol. The van der Waals surface area contributed by atoms with Gasteiger partial charge < -0.3 is 19.5 Å². The van der Waals surface area contributed by atoms with Crippen molar-refractivity contribution in [3.05, 3.63) is 123 Å². The molecule has 1 aliphatic carbocycles. The van der Waals surface area contributed by atoms with Crippen LogP contribution in [0.5, 0.6) is 0 Å². The average Bonchev–Trinajstić information content (AvgIpc) is 3.62. The summed E-state index contributed by atoms with van der Waals surface area (Å²) in [7, 11) is 1.78. The van der Waals surface area contributed by atoms with E-state index in [0.29, 0.717) is 27.4 Å². The lowest BCUT2D eigenvalue weighted by Crippen LogP contribution is -2.48. The van der Waals surface area contributed by atoms with Crippen LogP contribution in [0.2, 0.25) is 5.02 Å². The van der Waals surface area contributed by atoms with Gasteiger partial charge in [-0.2, -0.15) is 5.26 Å². The van der Waals surface area contributed by atoms with Gasteiger partial charge in [0.25, 0.3) is 5.91 Å². The summed E-state index contributed by atoms with van der Waals surface area (Å²) in [6, 6.07) is 18.4. The number of nitriles is 1. The van der Waals surface area contributed by atoms with Crippen LogP contribution in [-0.2, 0) is 29.7 Å². The third kappa shape index (κ3) is 4.88. The molecule has 1 aliphatic heterocycles. The molecule has 0 radical (unpaired) electrons. The summed E-state index contributed by atoms with van der Waals surface area (Å²) in [6.45, 7) is 1.77. The van der Waals surface area contributed by atoms with Gasteiger partial charge >= 0.3 is 0 Å². The number of aromatic nitrogens is 2.